The Labute approximate surface area is 200 Å². The van der Waals surface area contributed by atoms with Crippen LogP contribution in [0.3, 0.4) is 0 Å². The minimum Gasteiger partial charge on any atom is -0.489 e. The molecule has 34 heavy (non-hydrogen) atoms. The molecule has 6 nitrogen and oxygen atoms in total. The van der Waals surface area contributed by atoms with Crippen LogP contribution in [0.2, 0.25) is 0 Å². The summed E-state index contributed by atoms with van der Waals surface area (Å²) in [6, 6.07) is 24.4. The van der Waals surface area contributed by atoms with Crippen LogP contribution in [0.4, 0.5) is 5.69 Å². The van der Waals surface area contributed by atoms with Crippen molar-refractivity contribution in [1.82, 2.24) is 5.32 Å². The lowest BCUT2D eigenvalue weighted by molar-refractivity contribution is -0.128. The van der Waals surface area contributed by atoms with Crippen molar-refractivity contribution in [2.75, 3.05) is 11.4 Å². The number of ether oxygens (including phenoxy) is 2. The van der Waals surface area contributed by atoms with Gasteiger partial charge in [0.15, 0.2) is 6.10 Å². The number of para-hydroxylation sites is 3. The van der Waals surface area contributed by atoms with Gasteiger partial charge in [-0.1, -0.05) is 56.3 Å². The molecule has 1 unspecified atom stereocenters. The molecule has 0 bridgehead atoms. The minimum atomic E-state index is -0.766. The monoisotopic (exact) mass is 458 g/mol. The molecule has 0 saturated carbocycles. The van der Waals surface area contributed by atoms with Gasteiger partial charge in [0.1, 0.15) is 18.1 Å². The lowest BCUT2D eigenvalue weighted by Crippen LogP contribution is -2.52. The van der Waals surface area contributed by atoms with E-state index in [9.17, 15) is 9.59 Å². The number of hydrogen-bond acceptors (Lipinski definition) is 4. The van der Waals surface area contributed by atoms with E-state index in [-0.39, 0.29) is 24.4 Å². The van der Waals surface area contributed by atoms with Gasteiger partial charge in [0.25, 0.3) is 11.8 Å². The van der Waals surface area contributed by atoms with Gasteiger partial charge in [0.05, 0.1) is 12.2 Å². The molecule has 0 radical (unpaired) electrons. The Balaban J connectivity index is 1.49. The fourth-order valence-electron chi connectivity index (χ4n) is 3.93. The maximum Gasteiger partial charge on any atom is 0.263 e. The minimum absolute atomic E-state index is 0.0862. The Bertz CT molecular complexity index is 1110. The summed E-state index contributed by atoms with van der Waals surface area (Å²) in [5.41, 5.74) is 2.17. The highest BCUT2D eigenvalue weighted by Crippen LogP contribution is 2.34. The SMILES string of the molecule is CCC(CC)NC(=O)C1CN(C(=O)c2ccc(COc3ccccc3)cc2)c2ccccc2O1. The summed E-state index contributed by atoms with van der Waals surface area (Å²) in [7, 11) is 0. The molecule has 1 aliphatic heterocycles. The third-order valence-corrected chi connectivity index (χ3v) is 5.99. The Hall–Kier alpha value is -3.80. The summed E-state index contributed by atoms with van der Waals surface area (Å²) in [6.07, 6.45) is 0.918. The molecule has 1 aliphatic rings. The van der Waals surface area contributed by atoms with E-state index < -0.39 is 6.10 Å². The van der Waals surface area contributed by atoms with Gasteiger partial charge in [0, 0.05) is 11.6 Å². The number of hydrogen-bond donors (Lipinski definition) is 1. The molecule has 3 aromatic rings. The number of nitrogens with zero attached hydrogens (tertiary/aromatic N) is 1. The molecule has 3 aromatic carbocycles. The van der Waals surface area contributed by atoms with Crippen LogP contribution < -0.4 is 19.7 Å². The van der Waals surface area contributed by atoms with Gasteiger partial charge >= 0.3 is 0 Å². The normalized spacial score (nSPS) is 14.8. The van der Waals surface area contributed by atoms with E-state index in [0.717, 1.165) is 24.2 Å². The summed E-state index contributed by atoms with van der Waals surface area (Å²) >= 11 is 0. The average molecular weight is 459 g/mol. The fraction of sp³-hybridized carbons (Fsp3) is 0.286. The molecule has 0 saturated heterocycles. The average Bonchev–Trinajstić information content (AvgIpc) is 2.90. The highest BCUT2D eigenvalue weighted by atomic mass is 16.5. The zero-order valence-electron chi connectivity index (χ0n) is 19.6. The summed E-state index contributed by atoms with van der Waals surface area (Å²) in [6.45, 7) is 4.64. The predicted octanol–water partition coefficient (Wildman–Crippen LogP) is 4.98. The summed E-state index contributed by atoms with van der Waals surface area (Å²) in [5, 5.41) is 3.04. The molecule has 176 valence electrons. The van der Waals surface area contributed by atoms with Crippen LogP contribution in [0.25, 0.3) is 0 Å². The third kappa shape index (κ3) is 5.39. The number of fused-ring (bicyclic) bond motifs is 1. The number of carbonyl (C=O) groups is 2. The first-order chi connectivity index (χ1) is 16.6. The smallest absolute Gasteiger partial charge is 0.263 e. The van der Waals surface area contributed by atoms with E-state index in [2.05, 4.69) is 5.32 Å². The van der Waals surface area contributed by atoms with Crippen molar-refractivity contribution in [3.8, 4) is 11.5 Å². The van der Waals surface area contributed by atoms with Crippen LogP contribution in [0.5, 0.6) is 11.5 Å². The van der Waals surface area contributed by atoms with Crippen molar-refractivity contribution in [3.05, 3.63) is 90.0 Å². The number of carbonyl (C=O) groups excluding carboxylic acids is 2. The lowest BCUT2D eigenvalue weighted by Gasteiger charge is -2.34. The molecule has 6 heteroatoms. The van der Waals surface area contributed by atoms with Gasteiger partial charge in [-0.3, -0.25) is 9.59 Å². The van der Waals surface area contributed by atoms with E-state index in [4.69, 9.17) is 9.47 Å². The largest absolute Gasteiger partial charge is 0.489 e. The van der Waals surface area contributed by atoms with Crippen molar-refractivity contribution >= 4 is 17.5 Å². The zero-order valence-corrected chi connectivity index (χ0v) is 19.6. The van der Waals surface area contributed by atoms with Gasteiger partial charge in [-0.15, -0.1) is 0 Å². The van der Waals surface area contributed by atoms with Gasteiger partial charge in [-0.05, 0) is 54.8 Å². The summed E-state index contributed by atoms with van der Waals surface area (Å²) in [4.78, 5) is 28.0. The molecule has 4 rings (SSSR count). The van der Waals surface area contributed by atoms with Crippen LogP contribution in [-0.4, -0.2) is 30.5 Å². The molecular formula is C28H30N2O4. The second-order valence-electron chi connectivity index (χ2n) is 8.31. The first-order valence-electron chi connectivity index (χ1n) is 11.7. The fourth-order valence-corrected chi connectivity index (χ4v) is 3.93. The number of benzene rings is 3. The first kappa shape index (κ1) is 23.4. The Morgan fingerprint density at radius 3 is 2.35 bits per heavy atom. The van der Waals surface area contributed by atoms with Crippen LogP contribution >= 0.6 is 0 Å². The molecule has 0 aromatic heterocycles. The van der Waals surface area contributed by atoms with E-state index in [0.29, 0.717) is 23.6 Å². The second-order valence-corrected chi connectivity index (χ2v) is 8.31. The predicted molar refractivity (Wildman–Crippen MR) is 132 cm³/mol. The molecule has 0 spiro atoms. The quantitative estimate of drug-likeness (QED) is 0.517. The molecule has 1 atom stereocenters. The van der Waals surface area contributed by atoms with Crippen molar-refractivity contribution in [3.63, 3.8) is 0 Å². The van der Waals surface area contributed by atoms with Crippen molar-refractivity contribution in [2.45, 2.75) is 45.4 Å². The highest BCUT2D eigenvalue weighted by molar-refractivity contribution is 6.07. The number of anilines is 1. The van der Waals surface area contributed by atoms with Gasteiger partial charge in [0.2, 0.25) is 0 Å². The van der Waals surface area contributed by atoms with Crippen LogP contribution in [0, 0.1) is 0 Å². The van der Waals surface area contributed by atoms with Gasteiger partial charge < -0.3 is 19.7 Å². The van der Waals surface area contributed by atoms with E-state index >= 15 is 0 Å². The zero-order chi connectivity index (χ0) is 23.9. The Morgan fingerprint density at radius 1 is 0.971 bits per heavy atom. The standard InChI is InChI=1S/C28H30N2O4/c1-3-22(4-2)29-27(31)26-18-30(24-12-8-9-13-25(24)34-26)28(32)21-16-14-20(15-17-21)19-33-23-10-6-5-7-11-23/h5-17,22,26H,3-4,18-19H2,1-2H3,(H,29,31). The summed E-state index contributed by atoms with van der Waals surface area (Å²) < 4.78 is 11.8. The number of nitrogens with one attached hydrogen (secondary N) is 1. The molecule has 1 N–H and O–H groups in total. The Morgan fingerprint density at radius 2 is 1.65 bits per heavy atom. The van der Waals surface area contributed by atoms with Gasteiger partial charge in [-0.2, -0.15) is 0 Å². The molecule has 1 heterocycles. The van der Waals surface area contributed by atoms with Crippen molar-refractivity contribution in [2.24, 2.45) is 0 Å². The molecular weight excluding hydrogens is 428 g/mol. The molecule has 2 amide bonds. The first-order valence-corrected chi connectivity index (χ1v) is 11.7. The maximum absolute atomic E-state index is 13.5. The summed E-state index contributed by atoms with van der Waals surface area (Å²) in [5.74, 6) is 0.950. The van der Waals surface area contributed by atoms with Crippen LogP contribution in [0.15, 0.2) is 78.9 Å². The Kier molecular flexibility index (Phi) is 7.48. The molecule has 0 fully saturated rings. The van der Waals surface area contributed by atoms with E-state index in [1.165, 1.54) is 0 Å². The van der Waals surface area contributed by atoms with E-state index in [1.807, 2.05) is 74.5 Å². The topological polar surface area (TPSA) is 67.9 Å². The maximum atomic E-state index is 13.5. The van der Waals surface area contributed by atoms with Crippen LogP contribution in [0.1, 0.15) is 42.6 Å². The number of amides is 2. The second kappa shape index (κ2) is 10.9. The third-order valence-electron chi connectivity index (χ3n) is 5.99. The van der Waals surface area contributed by atoms with E-state index in [1.54, 1.807) is 23.1 Å². The highest BCUT2D eigenvalue weighted by Gasteiger charge is 2.34. The van der Waals surface area contributed by atoms with Gasteiger partial charge in [-0.25, -0.2) is 0 Å². The molecule has 0 aliphatic carbocycles. The van der Waals surface area contributed by atoms with Crippen LogP contribution in [-0.2, 0) is 11.4 Å². The lowest BCUT2D eigenvalue weighted by atomic mass is 10.1. The van der Waals surface area contributed by atoms with Crippen molar-refractivity contribution < 1.29 is 19.1 Å². The van der Waals surface area contributed by atoms with Crippen molar-refractivity contribution in [1.29, 1.82) is 0 Å². The number of rotatable bonds is 8.